The molecule has 16 heavy (non-hydrogen) atoms. The molecule has 0 aromatic heterocycles. The van der Waals surface area contributed by atoms with E-state index in [9.17, 15) is 0 Å². The lowest BCUT2D eigenvalue weighted by Crippen LogP contribution is -2.00. The predicted molar refractivity (Wildman–Crippen MR) is 69.1 cm³/mol. The van der Waals surface area contributed by atoms with E-state index in [2.05, 4.69) is 43.3 Å². The Morgan fingerprint density at radius 1 is 1.00 bits per heavy atom. The fourth-order valence-corrected chi connectivity index (χ4v) is 3.08. The SMILES string of the molecule is CC1C=C(c2ccccc2)C2=C1CCCC2. The second kappa shape index (κ2) is 3.93. The van der Waals surface area contributed by atoms with Gasteiger partial charge >= 0.3 is 0 Å². The van der Waals surface area contributed by atoms with E-state index in [1.165, 1.54) is 36.8 Å². The number of hydrogen-bond acceptors (Lipinski definition) is 0. The van der Waals surface area contributed by atoms with Gasteiger partial charge in [-0.3, -0.25) is 0 Å². The Morgan fingerprint density at radius 2 is 1.75 bits per heavy atom. The van der Waals surface area contributed by atoms with Crippen molar-refractivity contribution in [3.63, 3.8) is 0 Å². The Morgan fingerprint density at radius 3 is 2.56 bits per heavy atom. The predicted octanol–water partition coefficient (Wildman–Crippen LogP) is 4.59. The number of hydrogen-bond donors (Lipinski definition) is 0. The van der Waals surface area contributed by atoms with Crippen molar-refractivity contribution in [2.45, 2.75) is 32.6 Å². The van der Waals surface area contributed by atoms with E-state index in [0.29, 0.717) is 5.92 Å². The number of benzene rings is 1. The Labute approximate surface area is 97.7 Å². The van der Waals surface area contributed by atoms with Crippen molar-refractivity contribution in [2.24, 2.45) is 5.92 Å². The summed E-state index contributed by atoms with van der Waals surface area (Å²) in [7, 11) is 0. The van der Waals surface area contributed by atoms with E-state index < -0.39 is 0 Å². The molecular formula is C16H18. The molecule has 0 aliphatic heterocycles. The standard InChI is InChI=1S/C16H18/c1-12-11-16(13-7-3-2-4-8-13)15-10-6-5-9-14(12)15/h2-4,7-8,11-12H,5-6,9-10H2,1H3. The van der Waals surface area contributed by atoms with E-state index in [-0.39, 0.29) is 0 Å². The van der Waals surface area contributed by atoms with E-state index in [4.69, 9.17) is 0 Å². The smallest absolute Gasteiger partial charge is 0.00363 e. The first kappa shape index (κ1) is 9.89. The summed E-state index contributed by atoms with van der Waals surface area (Å²) in [4.78, 5) is 0. The van der Waals surface area contributed by atoms with Crippen LogP contribution in [0.25, 0.3) is 5.57 Å². The number of allylic oxidation sites excluding steroid dienone is 4. The van der Waals surface area contributed by atoms with Crippen LogP contribution in [0, 0.1) is 5.92 Å². The first-order chi connectivity index (χ1) is 7.86. The van der Waals surface area contributed by atoms with Crippen molar-refractivity contribution in [3.05, 3.63) is 53.1 Å². The summed E-state index contributed by atoms with van der Waals surface area (Å²) in [6.07, 6.45) is 7.84. The highest BCUT2D eigenvalue weighted by Crippen LogP contribution is 2.44. The molecule has 0 amide bonds. The van der Waals surface area contributed by atoms with Crippen LogP contribution in [0.5, 0.6) is 0 Å². The van der Waals surface area contributed by atoms with Crippen molar-refractivity contribution in [1.82, 2.24) is 0 Å². The molecule has 3 rings (SSSR count). The molecule has 0 spiro atoms. The van der Waals surface area contributed by atoms with Crippen LogP contribution < -0.4 is 0 Å². The summed E-state index contributed by atoms with van der Waals surface area (Å²) in [5.74, 6) is 0.672. The maximum absolute atomic E-state index is 2.46. The van der Waals surface area contributed by atoms with Gasteiger partial charge in [-0.2, -0.15) is 0 Å². The minimum Gasteiger partial charge on any atom is -0.0695 e. The van der Waals surface area contributed by atoms with E-state index >= 15 is 0 Å². The van der Waals surface area contributed by atoms with Gasteiger partial charge < -0.3 is 0 Å². The summed E-state index contributed by atoms with van der Waals surface area (Å²) in [6, 6.07) is 10.9. The molecule has 0 radical (unpaired) electrons. The minimum absolute atomic E-state index is 0.672. The van der Waals surface area contributed by atoms with Crippen molar-refractivity contribution in [2.75, 3.05) is 0 Å². The van der Waals surface area contributed by atoms with Crippen LogP contribution in [0.15, 0.2) is 47.6 Å². The molecule has 0 bridgehead atoms. The fourth-order valence-electron chi connectivity index (χ4n) is 3.08. The van der Waals surface area contributed by atoms with Crippen LogP contribution in [-0.2, 0) is 0 Å². The van der Waals surface area contributed by atoms with Crippen LogP contribution in [0.1, 0.15) is 38.2 Å². The molecule has 0 saturated heterocycles. The average Bonchev–Trinajstić information content (AvgIpc) is 2.69. The maximum Gasteiger partial charge on any atom is -0.00363 e. The van der Waals surface area contributed by atoms with Gasteiger partial charge in [0.15, 0.2) is 0 Å². The fraction of sp³-hybridized carbons (Fsp3) is 0.375. The first-order valence-electron chi connectivity index (χ1n) is 6.36. The molecular weight excluding hydrogens is 192 g/mol. The summed E-state index contributed by atoms with van der Waals surface area (Å²) >= 11 is 0. The van der Waals surface area contributed by atoms with Gasteiger partial charge in [0.05, 0.1) is 0 Å². The van der Waals surface area contributed by atoms with Crippen molar-refractivity contribution in [1.29, 1.82) is 0 Å². The molecule has 0 heteroatoms. The van der Waals surface area contributed by atoms with Gasteiger partial charge in [0.1, 0.15) is 0 Å². The van der Waals surface area contributed by atoms with Gasteiger partial charge in [-0.1, -0.05) is 48.9 Å². The van der Waals surface area contributed by atoms with Crippen LogP contribution in [0.2, 0.25) is 0 Å². The first-order valence-corrected chi connectivity index (χ1v) is 6.36. The molecule has 0 nitrogen and oxygen atoms in total. The molecule has 2 aliphatic rings. The lowest BCUT2D eigenvalue weighted by molar-refractivity contribution is 0.646. The van der Waals surface area contributed by atoms with Crippen molar-refractivity contribution < 1.29 is 0 Å². The van der Waals surface area contributed by atoms with E-state index in [1.807, 2.05) is 0 Å². The van der Waals surface area contributed by atoms with Crippen molar-refractivity contribution in [3.8, 4) is 0 Å². The molecule has 1 aromatic carbocycles. The third kappa shape index (κ3) is 1.53. The summed E-state index contributed by atoms with van der Waals surface area (Å²) < 4.78 is 0. The monoisotopic (exact) mass is 210 g/mol. The Hall–Kier alpha value is -1.30. The third-order valence-corrected chi connectivity index (χ3v) is 3.89. The summed E-state index contributed by atoms with van der Waals surface area (Å²) in [5.41, 5.74) is 6.29. The van der Waals surface area contributed by atoms with Crippen LogP contribution >= 0.6 is 0 Å². The molecule has 1 atom stereocenters. The third-order valence-electron chi connectivity index (χ3n) is 3.89. The molecule has 0 saturated carbocycles. The van der Waals surface area contributed by atoms with Gasteiger partial charge in [-0.05, 0) is 48.3 Å². The zero-order valence-electron chi connectivity index (χ0n) is 9.87. The summed E-state index contributed by atoms with van der Waals surface area (Å²) in [5, 5.41) is 0. The van der Waals surface area contributed by atoms with Crippen molar-refractivity contribution >= 4 is 5.57 Å². The zero-order valence-corrected chi connectivity index (χ0v) is 9.87. The minimum atomic E-state index is 0.672. The lowest BCUT2D eigenvalue weighted by Gasteiger charge is -2.18. The average molecular weight is 210 g/mol. The number of rotatable bonds is 1. The normalized spacial score (nSPS) is 24.3. The van der Waals surface area contributed by atoms with E-state index in [0.717, 1.165) is 0 Å². The van der Waals surface area contributed by atoms with Gasteiger partial charge in [0, 0.05) is 0 Å². The Bertz CT molecular complexity index is 448. The highest BCUT2D eigenvalue weighted by Gasteiger charge is 2.25. The van der Waals surface area contributed by atoms with Gasteiger partial charge in [-0.25, -0.2) is 0 Å². The molecule has 82 valence electrons. The zero-order chi connectivity index (χ0) is 11.0. The maximum atomic E-state index is 2.46. The Balaban J connectivity index is 2.03. The van der Waals surface area contributed by atoms with Crippen LogP contribution in [-0.4, -0.2) is 0 Å². The molecule has 0 heterocycles. The lowest BCUT2D eigenvalue weighted by atomic mass is 9.87. The second-order valence-electron chi connectivity index (χ2n) is 4.95. The topological polar surface area (TPSA) is 0 Å². The molecule has 1 unspecified atom stereocenters. The van der Waals surface area contributed by atoms with Gasteiger partial charge in [-0.15, -0.1) is 0 Å². The highest BCUT2D eigenvalue weighted by molar-refractivity contribution is 5.83. The highest BCUT2D eigenvalue weighted by atomic mass is 14.3. The Kier molecular flexibility index (Phi) is 2.43. The molecule has 0 N–H and O–H groups in total. The van der Waals surface area contributed by atoms with Gasteiger partial charge in [0.2, 0.25) is 0 Å². The molecule has 1 aromatic rings. The van der Waals surface area contributed by atoms with E-state index in [1.54, 1.807) is 11.1 Å². The molecule has 0 fully saturated rings. The van der Waals surface area contributed by atoms with Gasteiger partial charge in [0.25, 0.3) is 0 Å². The second-order valence-corrected chi connectivity index (χ2v) is 4.95. The largest absolute Gasteiger partial charge is 0.0695 e. The summed E-state index contributed by atoms with van der Waals surface area (Å²) in [6.45, 7) is 2.34. The van der Waals surface area contributed by atoms with Crippen LogP contribution in [0.4, 0.5) is 0 Å². The van der Waals surface area contributed by atoms with Crippen LogP contribution in [0.3, 0.4) is 0 Å². The molecule has 2 aliphatic carbocycles. The quantitative estimate of drug-likeness (QED) is 0.636.